The van der Waals surface area contributed by atoms with Gasteiger partial charge in [0.25, 0.3) is 0 Å². The third kappa shape index (κ3) is 4.75. The zero-order valence-electron chi connectivity index (χ0n) is 12.2. The van der Waals surface area contributed by atoms with E-state index in [1.165, 1.54) is 0 Å². The van der Waals surface area contributed by atoms with Gasteiger partial charge in [-0.2, -0.15) is 0 Å². The molecule has 3 N–H and O–H groups in total. The molecule has 2 unspecified atom stereocenters. The zero-order valence-corrected chi connectivity index (χ0v) is 12.2. The van der Waals surface area contributed by atoms with Gasteiger partial charge >= 0.3 is 0 Å². The number of aliphatic hydroxyl groups is 1. The van der Waals surface area contributed by atoms with Crippen LogP contribution in [0.1, 0.15) is 40.0 Å². The zero-order chi connectivity index (χ0) is 14.4. The topological polar surface area (TPSA) is 81.8 Å². The largest absolute Gasteiger partial charge is 0.390 e. The van der Waals surface area contributed by atoms with E-state index in [9.17, 15) is 9.90 Å². The number of rotatable bonds is 7. The van der Waals surface area contributed by atoms with Gasteiger partial charge in [-0.25, -0.2) is 0 Å². The first kappa shape index (κ1) is 16.4. The molecular weight excluding hydrogens is 246 g/mol. The van der Waals surface area contributed by atoms with Crippen LogP contribution in [0.4, 0.5) is 0 Å². The van der Waals surface area contributed by atoms with Crippen molar-refractivity contribution < 1.29 is 19.4 Å². The summed E-state index contributed by atoms with van der Waals surface area (Å²) < 4.78 is 11.4. The molecule has 1 amide bonds. The van der Waals surface area contributed by atoms with Crippen molar-refractivity contribution in [2.24, 2.45) is 17.6 Å². The summed E-state index contributed by atoms with van der Waals surface area (Å²) in [6.45, 7) is 7.18. The maximum absolute atomic E-state index is 10.6. The summed E-state index contributed by atoms with van der Waals surface area (Å²) in [5, 5.41) is 10.1. The second-order valence-electron chi connectivity index (χ2n) is 5.47. The van der Waals surface area contributed by atoms with Gasteiger partial charge in [-0.05, 0) is 24.7 Å². The number of ether oxygens (including phenoxy) is 2. The van der Waals surface area contributed by atoms with E-state index >= 15 is 0 Å². The molecule has 112 valence electrons. The average molecular weight is 273 g/mol. The van der Waals surface area contributed by atoms with E-state index in [0.29, 0.717) is 26.1 Å². The molecule has 0 spiro atoms. The second-order valence-corrected chi connectivity index (χ2v) is 5.47. The Kier molecular flexibility index (Phi) is 6.75. The molecule has 5 atom stereocenters. The van der Waals surface area contributed by atoms with E-state index in [1.807, 2.05) is 6.92 Å². The predicted octanol–water partition coefficient (Wildman–Crippen LogP) is 1.08. The van der Waals surface area contributed by atoms with E-state index in [1.54, 1.807) is 0 Å². The third-order valence-corrected chi connectivity index (χ3v) is 4.08. The molecule has 1 heterocycles. The highest BCUT2D eigenvalue weighted by atomic mass is 16.5. The number of primary amides is 1. The number of carbonyl (C=O) groups is 1. The number of hydrogen-bond acceptors (Lipinski definition) is 4. The van der Waals surface area contributed by atoms with Crippen molar-refractivity contribution in [2.75, 3.05) is 13.2 Å². The molecule has 19 heavy (non-hydrogen) atoms. The van der Waals surface area contributed by atoms with Crippen LogP contribution in [0.2, 0.25) is 0 Å². The minimum atomic E-state index is -0.397. The van der Waals surface area contributed by atoms with Crippen molar-refractivity contribution in [3.05, 3.63) is 0 Å². The fraction of sp³-hybridized carbons (Fsp3) is 0.929. The van der Waals surface area contributed by atoms with Crippen molar-refractivity contribution in [1.82, 2.24) is 0 Å². The molecule has 0 saturated carbocycles. The van der Waals surface area contributed by atoms with Crippen molar-refractivity contribution in [3.63, 3.8) is 0 Å². The van der Waals surface area contributed by atoms with Crippen LogP contribution in [-0.2, 0) is 14.3 Å². The summed E-state index contributed by atoms with van der Waals surface area (Å²) >= 11 is 0. The first-order valence-corrected chi connectivity index (χ1v) is 7.16. The van der Waals surface area contributed by atoms with Gasteiger partial charge in [-0.3, -0.25) is 4.79 Å². The maximum atomic E-state index is 10.6. The van der Waals surface area contributed by atoms with Gasteiger partial charge in [-0.1, -0.05) is 20.8 Å². The Hall–Kier alpha value is -0.650. The number of nitrogens with two attached hydrogens (primary N) is 1. The Bertz CT molecular complexity index is 283. The summed E-state index contributed by atoms with van der Waals surface area (Å²) in [5.41, 5.74) is 5.06. The van der Waals surface area contributed by atoms with Crippen LogP contribution in [0.25, 0.3) is 0 Å². The standard InChI is InChI=1S/C14H27NO4/c1-4-11-14(17)10(3)9(2)12(19-11)8-18-7-5-6-13(15)16/h9-12,14,17H,4-8H2,1-3H3,(H2,15,16)/t9?,10-,11-,12+,14?/m1/s1. The number of hydrogen-bond donors (Lipinski definition) is 2. The lowest BCUT2D eigenvalue weighted by Gasteiger charge is -2.42. The van der Waals surface area contributed by atoms with Crippen LogP contribution in [0, 0.1) is 11.8 Å². The van der Waals surface area contributed by atoms with E-state index in [0.717, 1.165) is 6.42 Å². The van der Waals surface area contributed by atoms with Gasteiger partial charge in [-0.15, -0.1) is 0 Å². The Balaban J connectivity index is 2.33. The molecule has 0 aliphatic carbocycles. The van der Waals surface area contributed by atoms with Crippen LogP contribution < -0.4 is 5.73 Å². The summed E-state index contributed by atoms with van der Waals surface area (Å²) in [6.07, 6.45) is 1.31. The molecule has 1 aliphatic rings. The van der Waals surface area contributed by atoms with E-state index < -0.39 is 6.10 Å². The van der Waals surface area contributed by atoms with Crippen LogP contribution in [-0.4, -0.2) is 42.5 Å². The van der Waals surface area contributed by atoms with Crippen molar-refractivity contribution >= 4 is 5.91 Å². The molecule has 1 saturated heterocycles. The van der Waals surface area contributed by atoms with Crippen LogP contribution >= 0.6 is 0 Å². The summed E-state index contributed by atoms with van der Waals surface area (Å²) in [6, 6.07) is 0. The third-order valence-electron chi connectivity index (χ3n) is 4.08. The first-order valence-electron chi connectivity index (χ1n) is 7.16. The van der Waals surface area contributed by atoms with Gasteiger partial charge in [0.05, 0.1) is 24.9 Å². The number of amides is 1. The minimum absolute atomic E-state index is 0.0110. The molecule has 0 aromatic heterocycles. The monoisotopic (exact) mass is 273 g/mol. The predicted molar refractivity (Wildman–Crippen MR) is 72.5 cm³/mol. The van der Waals surface area contributed by atoms with Gasteiger partial charge in [0, 0.05) is 13.0 Å². The second kappa shape index (κ2) is 7.82. The summed E-state index contributed by atoms with van der Waals surface area (Å²) in [5.74, 6) is 0.167. The molecule has 0 aromatic rings. The Morgan fingerprint density at radius 2 is 2.00 bits per heavy atom. The Morgan fingerprint density at radius 3 is 2.58 bits per heavy atom. The summed E-state index contributed by atoms with van der Waals surface area (Å²) in [4.78, 5) is 10.6. The van der Waals surface area contributed by atoms with Gasteiger partial charge < -0.3 is 20.3 Å². The van der Waals surface area contributed by atoms with E-state index in [4.69, 9.17) is 15.2 Å². The van der Waals surface area contributed by atoms with E-state index in [-0.39, 0.29) is 30.0 Å². The number of carbonyl (C=O) groups excluding carboxylic acids is 1. The quantitative estimate of drug-likeness (QED) is 0.680. The molecule has 1 fully saturated rings. The number of aliphatic hydroxyl groups excluding tert-OH is 1. The van der Waals surface area contributed by atoms with Gasteiger partial charge in [0.2, 0.25) is 5.91 Å². The molecule has 1 aliphatic heterocycles. The fourth-order valence-electron chi connectivity index (χ4n) is 2.49. The first-order chi connectivity index (χ1) is 8.97. The normalized spacial score (nSPS) is 35.3. The van der Waals surface area contributed by atoms with Crippen LogP contribution in [0.15, 0.2) is 0 Å². The SMILES string of the molecule is CC[C@H]1O[C@@H](COCCCC(N)=O)C(C)[C@@H](C)C1O. The lowest BCUT2D eigenvalue weighted by molar-refractivity contribution is -0.184. The van der Waals surface area contributed by atoms with Crippen molar-refractivity contribution in [1.29, 1.82) is 0 Å². The van der Waals surface area contributed by atoms with Crippen LogP contribution in [0.3, 0.4) is 0 Å². The van der Waals surface area contributed by atoms with E-state index in [2.05, 4.69) is 13.8 Å². The fourth-order valence-corrected chi connectivity index (χ4v) is 2.49. The molecule has 5 heteroatoms. The summed E-state index contributed by atoms with van der Waals surface area (Å²) in [7, 11) is 0. The molecule has 5 nitrogen and oxygen atoms in total. The maximum Gasteiger partial charge on any atom is 0.217 e. The molecular formula is C14H27NO4. The Labute approximate surface area is 115 Å². The van der Waals surface area contributed by atoms with Crippen LogP contribution in [0.5, 0.6) is 0 Å². The molecule has 0 bridgehead atoms. The van der Waals surface area contributed by atoms with Crippen molar-refractivity contribution in [2.45, 2.75) is 58.3 Å². The minimum Gasteiger partial charge on any atom is -0.390 e. The lowest BCUT2D eigenvalue weighted by atomic mass is 9.81. The molecule has 0 aromatic carbocycles. The highest BCUT2D eigenvalue weighted by Crippen LogP contribution is 2.32. The van der Waals surface area contributed by atoms with Gasteiger partial charge in [0.1, 0.15) is 0 Å². The van der Waals surface area contributed by atoms with Gasteiger partial charge in [0.15, 0.2) is 0 Å². The Morgan fingerprint density at radius 1 is 1.32 bits per heavy atom. The smallest absolute Gasteiger partial charge is 0.217 e. The average Bonchev–Trinajstić information content (AvgIpc) is 2.37. The molecule has 0 radical (unpaired) electrons. The highest BCUT2D eigenvalue weighted by Gasteiger charge is 2.39. The highest BCUT2D eigenvalue weighted by molar-refractivity contribution is 5.73. The molecule has 1 rings (SSSR count). The van der Waals surface area contributed by atoms with Crippen molar-refractivity contribution in [3.8, 4) is 0 Å². The lowest BCUT2D eigenvalue weighted by Crippen LogP contribution is -2.50.